The zero-order valence-corrected chi connectivity index (χ0v) is 12.3. The van der Waals surface area contributed by atoms with Crippen LogP contribution in [0.15, 0.2) is 24.3 Å². The Kier molecular flexibility index (Phi) is 3.73. The van der Waals surface area contributed by atoms with Crippen molar-refractivity contribution in [1.29, 1.82) is 5.26 Å². The molecule has 0 spiro atoms. The molecule has 3 atom stereocenters. The van der Waals surface area contributed by atoms with Gasteiger partial charge in [0, 0.05) is 0 Å². The average Bonchev–Trinajstić information content (AvgIpc) is 3.02. The zero-order chi connectivity index (χ0) is 15.8. The molecule has 0 aromatic heterocycles. The van der Waals surface area contributed by atoms with Crippen LogP contribution in [0, 0.1) is 28.6 Å². The summed E-state index contributed by atoms with van der Waals surface area (Å²) in [5, 5.41) is 20.7. The van der Waals surface area contributed by atoms with Gasteiger partial charge in [-0.05, 0) is 30.0 Å². The number of nitrogens with one attached hydrogen (secondary N) is 1. The number of rotatable bonds is 4. The first kappa shape index (κ1) is 15.0. The van der Waals surface area contributed by atoms with E-state index in [9.17, 15) is 9.59 Å². The molecule has 2 rings (SSSR count). The van der Waals surface area contributed by atoms with Crippen molar-refractivity contribution in [3.63, 3.8) is 0 Å². The molecule has 0 aliphatic heterocycles. The summed E-state index contributed by atoms with van der Waals surface area (Å²) in [6, 6.07) is 8.78. The number of benzene rings is 1. The van der Waals surface area contributed by atoms with Crippen LogP contribution in [0.2, 0.25) is 0 Å². The Morgan fingerprint density at radius 3 is 2.29 bits per heavy atom. The van der Waals surface area contributed by atoms with Crippen molar-refractivity contribution in [3.8, 4) is 6.07 Å². The third-order valence-corrected chi connectivity index (χ3v) is 4.27. The molecule has 1 aromatic carbocycles. The van der Waals surface area contributed by atoms with E-state index in [1.165, 1.54) is 0 Å². The van der Waals surface area contributed by atoms with Crippen LogP contribution in [0.3, 0.4) is 0 Å². The summed E-state index contributed by atoms with van der Waals surface area (Å²) in [7, 11) is 0. The largest absolute Gasteiger partial charge is 0.481 e. The topological polar surface area (TPSA) is 90.2 Å². The first-order valence-electron chi connectivity index (χ1n) is 6.82. The standard InChI is InChI=1S/C16H18N2O3/c1-9(11-6-4-10(8-17)5-7-11)18-14(19)12-13(15(20)21)16(12,2)3/h4-7,9,12-13H,1-3H3,(H,18,19)(H,20,21). The van der Waals surface area contributed by atoms with Crippen LogP contribution in [-0.2, 0) is 9.59 Å². The average molecular weight is 286 g/mol. The first-order chi connectivity index (χ1) is 9.78. The predicted molar refractivity (Wildman–Crippen MR) is 76.1 cm³/mol. The molecule has 3 unspecified atom stereocenters. The maximum absolute atomic E-state index is 12.2. The first-order valence-corrected chi connectivity index (χ1v) is 6.82. The van der Waals surface area contributed by atoms with E-state index in [2.05, 4.69) is 5.32 Å². The lowest BCUT2D eigenvalue weighted by atomic mass is 10.1. The third kappa shape index (κ3) is 2.75. The minimum atomic E-state index is -0.925. The molecule has 1 saturated carbocycles. The quantitative estimate of drug-likeness (QED) is 0.886. The molecule has 5 heteroatoms. The van der Waals surface area contributed by atoms with Gasteiger partial charge in [0.15, 0.2) is 0 Å². The van der Waals surface area contributed by atoms with Gasteiger partial charge in [-0.1, -0.05) is 26.0 Å². The molecule has 1 aromatic rings. The molecule has 1 amide bonds. The molecule has 0 radical (unpaired) electrons. The van der Waals surface area contributed by atoms with Gasteiger partial charge in [0.25, 0.3) is 0 Å². The minimum absolute atomic E-state index is 0.226. The highest BCUT2D eigenvalue weighted by molar-refractivity contribution is 5.91. The van der Waals surface area contributed by atoms with Crippen molar-refractivity contribution < 1.29 is 14.7 Å². The lowest BCUT2D eigenvalue weighted by molar-refractivity contribution is -0.140. The molecule has 0 bridgehead atoms. The lowest BCUT2D eigenvalue weighted by Gasteiger charge is -2.15. The van der Waals surface area contributed by atoms with Gasteiger partial charge in [0.1, 0.15) is 0 Å². The Hall–Kier alpha value is -2.35. The van der Waals surface area contributed by atoms with E-state index in [1.807, 2.05) is 13.0 Å². The minimum Gasteiger partial charge on any atom is -0.481 e. The summed E-state index contributed by atoms with van der Waals surface area (Å²) in [6.07, 6.45) is 0. The Labute approximate surface area is 123 Å². The molecule has 1 aliphatic rings. The summed E-state index contributed by atoms with van der Waals surface area (Å²) in [4.78, 5) is 23.3. The second kappa shape index (κ2) is 5.21. The fraction of sp³-hybridized carbons (Fsp3) is 0.438. The number of nitrogens with zero attached hydrogens (tertiary/aromatic N) is 1. The molecule has 0 heterocycles. The molecule has 1 fully saturated rings. The highest BCUT2D eigenvalue weighted by Gasteiger charge is 2.65. The second-order valence-electron chi connectivity index (χ2n) is 6.08. The number of carboxylic acids is 1. The second-order valence-corrected chi connectivity index (χ2v) is 6.08. The van der Waals surface area contributed by atoms with Gasteiger partial charge in [-0.2, -0.15) is 5.26 Å². The Bertz CT molecular complexity index is 613. The smallest absolute Gasteiger partial charge is 0.307 e. The normalized spacial score (nSPS) is 23.7. The third-order valence-electron chi connectivity index (χ3n) is 4.27. The maximum Gasteiger partial charge on any atom is 0.307 e. The zero-order valence-electron chi connectivity index (χ0n) is 12.3. The van der Waals surface area contributed by atoms with Crippen molar-refractivity contribution in [2.45, 2.75) is 26.8 Å². The van der Waals surface area contributed by atoms with Crippen molar-refractivity contribution in [1.82, 2.24) is 5.32 Å². The van der Waals surface area contributed by atoms with E-state index in [4.69, 9.17) is 10.4 Å². The van der Waals surface area contributed by atoms with Crippen molar-refractivity contribution in [2.75, 3.05) is 0 Å². The van der Waals surface area contributed by atoms with E-state index in [0.717, 1.165) is 5.56 Å². The van der Waals surface area contributed by atoms with Crippen LogP contribution in [0.4, 0.5) is 0 Å². The predicted octanol–water partition coefficient (Wildman–Crippen LogP) is 2.09. The number of hydrogen-bond donors (Lipinski definition) is 2. The number of carbonyl (C=O) groups excluding carboxylic acids is 1. The van der Waals surface area contributed by atoms with E-state index in [-0.39, 0.29) is 11.9 Å². The van der Waals surface area contributed by atoms with Crippen LogP contribution in [0.5, 0.6) is 0 Å². The summed E-state index contributed by atoms with van der Waals surface area (Å²) in [6.45, 7) is 5.43. The maximum atomic E-state index is 12.2. The van der Waals surface area contributed by atoms with E-state index < -0.39 is 23.2 Å². The highest BCUT2D eigenvalue weighted by atomic mass is 16.4. The van der Waals surface area contributed by atoms with Crippen LogP contribution < -0.4 is 5.32 Å². The van der Waals surface area contributed by atoms with Crippen LogP contribution in [0.1, 0.15) is 37.9 Å². The number of carboxylic acid groups (broad SMARTS) is 1. The molecule has 21 heavy (non-hydrogen) atoms. The van der Waals surface area contributed by atoms with E-state index in [0.29, 0.717) is 5.56 Å². The van der Waals surface area contributed by atoms with Gasteiger partial charge in [0.2, 0.25) is 5.91 Å². The molecule has 2 N–H and O–H groups in total. The number of hydrogen-bond acceptors (Lipinski definition) is 3. The van der Waals surface area contributed by atoms with Gasteiger partial charge in [-0.15, -0.1) is 0 Å². The van der Waals surface area contributed by atoms with Crippen molar-refractivity contribution in [3.05, 3.63) is 35.4 Å². The number of carbonyl (C=O) groups is 2. The van der Waals surface area contributed by atoms with Gasteiger partial charge < -0.3 is 10.4 Å². The summed E-state index contributed by atoms with van der Waals surface area (Å²) < 4.78 is 0. The molecular formula is C16H18N2O3. The van der Waals surface area contributed by atoms with E-state index in [1.54, 1.807) is 38.1 Å². The molecule has 110 valence electrons. The fourth-order valence-corrected chi connectivity index (χ4v) is 2.82. The number of aliphatic carboxylic acids is 1. The van der Waals surface area contributed by atoms with Crippen LogP contribution in [0.25, 0.3) is 0 Å². The van der Waals surface area contributed by atoms with E-state index >= 15 is 0 Å². The van der Waals surface area contributed by atoms with Crippen LogP contribution >= 0.6 is 0 Å². The van der Waals surface area contributed by atoms with Crippen molar-refractivity contribution >= 4 is 11.9 Å². The fourth-order valence-electron chi connectivity index (χ4n) is 2.82. The molecule has 5 nitrogen and oxygen atoms in total. The van der Waals surface area contributed by atoms with Gasteiger partial charge in [-0.3, -0.25) is 9.59 Å². The summed E-state index contributed by atoms with van der Waals surface area (Å²) in [5.41, 5.74) is 0.944. The Morgan fingerprint density at radius 1 is 1.29 bits per heavy atom. The number of amides is 1. The Morgan fingerprint density at radius 2 is 1.86 bits per heavy atom. The van der Waals surface area contributed by atoms with Gasteiger partial charge in [0.05, 0.1) is 29.5 Å². The molecule has 0 saturated heterocycles. The van der Waals surface area contributed by atoms with Gasteiger partial charge >= 0.3 is 5.97 Å². The highest BCUT2D eigenvalue weighted by Crippen LogP contribution is 2.58. The molecular weight excluding hydrogens is 268 g/mol. The lowest BCUT2D eigenvalue weighted by Crippen LogP contribution is -2.30. The van der Waals surface area contributed by atoms with Crippen molar-refractivity contribution in [2.24, 2.45) is 17.3 Å². The molecule has 1 aliphatic carbocycles. The Balaban J connectivity index is 2.03. The number of nitriles is 1. The monoisotopic (exact) mass is 286 g/mol. The summed E-state index contributed by atoms with van der Waals surface area (Å²) in [5.74, 6) is -2.27. The van der Waals surface area contributed by atoms with Gasteiger partial charge in [-0.25, -0.2) is 0 Å². The summed E-state index contributed by atoms with van der Waals surface area (Å²) >= 11 is 0. The van der Waals surface area contributed by atoms with Crippen LogP contribution in [-0.4, -0.2) is 17.0 Å². The SMILES string of the molecule is CC(NC(=O)C1C(C(=O)O)C1(C)C)c1ccc(C#N)cc1.